The molecule has 0 spiro atoms. The first-order chi connectivity index (χ1) is 10.1. The maximum Gasteiger partial charge on any atom is 0.281 e. The lowest BCUT2D eigenvalue weighted by Gasteiger charge is -2.11. The van der Waals surface area contributed by atoms with Gasteiger partial charge in [-0.15, -0.1) is 0 Å². The minimum Gasteiger partial charge on any atom is -0.281 e. The number of benzene rings is 2. The molecule has 21 heavy (non-hydrogen) atoms. The van der Waals surface area contributed by atoms with Crippen molar-refractivity contribution in [3.8, 4) is 0 Å². The Morgan fingerprint density at radius 2 is 1.86 bits per heavy atom. The first-order valence-electron chi connectivity index (χ1n) is 6.52. The van der Waals surface area contributed by atoms with Gasteiger partial charge < -0.3 is 0 Å². The second-order valence-corrected chi connectivity index (χ2v) is 5.83. The number of hydrogen-bond acceptors (Lipinski definition) is 3. The number of halogens is 1. The third-order valence-electron chi connectivity index (χ3n) is 3.60. The fraction of sp³-hybridized carbons (Fsp3) is 0.0625. The molecular weight excluding hydrogens is 330 g/mol. The molecule has 2 aromatic heterocycles. The summed E-state index contributed by atoms with van der Waals surface area (Å²) in [5.41, 5.74) is 2.10. The zero-order chi connectivity index (χ0) is 14.6. The average molecular weight is 340 g/mol. The summed E-state index contributed by atoms with van der Waals surface area (Å²) in [6.45, 7) is 1.92. The molecule has 0 aliphatic rings. The molecule has 0 aliphatic heterocycles. The Bertz CT molecular complexity index is 1090. The van der Waals surface area contributed by atoms with E-state index in [1.165, 1.54) is 0 Å². The van der Waals surface area contributed by atoms with Crippen LogP contribution in [0.25, 0.3) is 27.5 Å². The van der Waals surface area contributed by atoms with E-state index >= 15 is 0 Å². The smallest absolute Gasteiger partial charge is 0.281 e. The summed E-state index contributed by atoms with van der Waals surface area (Å²) in [5.74, 6) is 0.809. The summed E-state index contributed by atoms with van der Waals surface area (Å²) in [6.07, 6.45) is 0. The average Bonchev–Trinajstić information content (AvgIpc) is 2.47. The molecule has 4 rings (SSSR count). The number of aryl methyl sites for hydroxylation is 1. The van der Waals surface area contributed by atoms with Gasteiger partial charge in [-0.3, -0.25) is 9.20 Å². The molecular formula is C16H10BrN3O. The Labute approximate surface area is 128 Å². The van der Waals surface area contributed by atoms with Crippen molar-refractivity contribution in [2.75, 3.05) is 0 Å². The van der Waals surface area contributed by atoms with Crippen LogP contribution in [0, 0.1) is 6.92 Å². The molecule has 102 valence electrons. The van der Waals surface area contributed by atoms with Crippen molar-refractivity contribution in [1.29, 1.82) is 0 Å². The van der Waals surface area contributed by atoms with Crippen LogP contribution in [0.4, 0.5) is 0 Å². The zero-order valence-electron chi connectivity index (χ0n) is 11.2. The van der Waals surface area contributed by atoms with Crippen LogP contribution < -0.4 is 5.56 Å². The highest BCUT2D eigenvalue weighted by Gasteiger charge is 2.11. The van der Waals surface area contributed by atoms with Crippen molar-refractivity contribution in [2.45, 2.75) is 6.92 Å². The number of para-hydroxylation sites is 1. The third kappa shape index (κ3) is 1.77. The summed E-state index contributed by atoms with van der Waals surface area (Å²) in [7, 11) is 0. The van der Waals surface area contributed by atoms with Gasteiger partial charge in [0.05, 0.1) is 16.4 Å². The van der Waals surface area contributed by atoms with E-state index in [1.54, 1.807) is 6.07 Å². The fourth-order valence-corrected chi connectivity index (χ4v) is 3.05. The molecule has 0 radical (unpaired) electrons. The molecule has 0 bridgehead atoms. The molecule has 0 amide bonds. The number of nitrogens with zero attached hydrogens (tertiary/aromatic N) is 3. The molecule has 0 saturated heterocycles. The summed E-state index contributed by atoms with van der Waals surface area (Å²) in [6, 6.07) is 13.4. The van der Waals surface area contributed by atoms with Crippen LogP contribution in [-0.2, 0) is 0 Å². The maximum absolute atomic E-state index is 12.3. The summed E-state index contributed by atoms with van der Waals surface area (Å²) in [5, 5.41) is 1.46. The Morgan fingerprint density at radius 1 is 1.05 bits per heavy atom. The normalized spacial score (nSPS) is 11.5. The molecule has 4 nitrogen and oxygen atoms in total. The van der Waals surface area contributed by atoms with Crippen LogP contribution in [-0.4, -0.2) is 14.4 Å². The number of aromatic nitrogens is 3. The van der Waals surface area contributed by atoms with Crippen molar-refractivity contribution < 1.29 is 0 Å². The molecule has 0 fully saturated rings. The van der Waals surface area contributed by atoms with Gasteiger partial charge in [0.25, 0.3) is 5.56 Å². The molecule has 5 heteroatoms. The molecule has 0 unspecified atom stereocenters. The largest absolute Gasteiger partial charge is 0.281 e. The molecule has 0 N–H and O–H groups in total. The first kappa shape index (κ1) is 12.5. The number of rotatable bonds is 0. The van der Waals surface area contributed by atoms with Crippen molar-refractivity contribution in [1.82, 2.24) is 14.4 Å². The molecule has 0 aliphatic carbocycles. The summed E-state index contributed by atoms with van der Waals surface area (Å²) < 4.78 is 2.80. The fourth-order valence-electron chi connectivity index (χ4n) is 2.69. The second-order valence-electron chi connectivity index (χ2n) is 4.91. The lowest BCUT2D eigenvalue weighted by atomic mass is 10.2. The Balaban J connectivity index is 2.38. The predicted molar refractivity (Wildman–Crippen MR) is 86.7 cm³/mol. The zero-order valence-corrected chi connectivity index (χ0v) is 12.8. The van der Waals surface area contributed by atoms with Gasteiger partial charge in [0, 0.05) is 9.86 Å². The molecule has 4 aromatic rings. The minimum atomic E-state index is -0.220. The quantitative estimate of drug-likeness (QED) is 0.461. The van der Waals surface area contributed by atoms with E-state index in [-0.39, 0.29) is 5.56 Å². The number of fused-ring (bicyclic) bond motifs is 5. The Morgan fingerprint density at radius 3 is 2.71 bits per heavy atom. The van der Waals surface area contributed by atoms with E-state index < -0.39 is 0 Å². The minimum absolute atomic E-state index is 0.220. The monoisotopic (exact) mass is 339 g/mol. The van der Waals surface area contributed by atoms with Gasteiger partial charge in [-0.2, -0.15) is 4.98 Å². The standard InChI is InChI=1S/C16H10BrN3O/c1-9-18-13-5-3-2-4-11(13)15-19-16(21)12-8-10(17)6-7-14(12)20(9)15/h2-8H,1H3. The van der Waals surface area contributed by atoms with Crippen LogP contribution in [0.15, 0.2) is 51.7 Å². The van der Waals surface area contributed by atoms with Crippen LogP contribution in [0.3, 0.4) is 0 Å². The van der Waals surface area contributed by atoms with Crippen molar-refractivity contribution in [3.05, 3.63) is 63.1 Å². The van der Waals surface area contributed by atoms with Crippen molar-refractivity contribution >= 4 is 43.4 Å². The van der Waals surface area contributed by atoms with E-state index in [4.69, 9.17) is 0 Å². The second kappa shape index (κ2) is 4.36. The van der Waals surface area contributed by atoms with Crippen LogP contribution in [0.1, 0.15) is 5.82 Å². The van der Waals surface area contributed by atoms with E-state index in [2.05, 4.69) is 25.9 Å². The predicted octanol–water partition coefficient (Wildman–Crippen LogP) is 3.47. The van der Waals surface area contributed by atoms with E-state index in [9.17, 15) is 4.79 Å². The lowest BCUT2D eigenvalue weighted by Crippen LogP contribution is -2.13. The van der Waals surface area contributed by atoms with Gasteiger partial charge in [-0.1, -0.05) is 28.1 Å². The Hall–Kier alpha value is -2.27. The first-order valence-corrected chi connectivity index (χ1v) is 7.32. The van der Waals surface area contributed by atoms with Crippen molar-refractivity contribution in [2.24, 2.45) is 0 Å². The van der Waals surface area contributed by atoms with Crippen LogP contribution >= 0.6 is 15.9 Å². The summed E-state index contributed by atoms with van der Waals surface area (Å²) >= 11 is 3.40. The summed E-state index contributed by atoms with van der Waals surface area (Å²) in [4.78, 5) is 21.2. The molecule has 2 heterocycles. The van der Waals surface area contributed by atoms with Crippen LogP contribution in [0.5, 0.6) is 0 Å². The Kier molecular flexibility index (Phi) is 2.59. The molecule has 0 atom stereocenters. The maximum atomic E-state index is 12.3. The lowest BCUT2D eigenvalue weighted by molar-refractivity contribution is 1.01. The van der Waals surface area contributed by atoms with Gasteiger partial charge in [-0.05, 0) is 37.3 Å². The highest BCUT2D eigenvalue weighted by Crippen LogP contribution is 2.22. The van der Waals surface area contributed by atoms with Gasteiger partial charge in [0.15, 0.2) is 5.65 Å². The highest BCUT2D eigenvalue weighted by atomic mass is 79.9. The molecule has 0 saturated carbocycles. The SMILES string of the molecule is Cc1nc2ccccc2c2nc(=O)c3cc(Br)ccc3n12. The van der Waals surface area contributed by atoms with E-state index in [0.717, 1.165) is 26.7 Å². The van der Waals surface area contributed by atoms with Gasteiger partial charge in [0.2, 0.25) is 0 Å². The third-order valence-corrected chi connectivity index (χ3v) is 4.09. The van der Waals surface area contributed by atoms with Gasteiger partial charge >= 0.3 is 0 Å². The number of hydrogen-bond donors (Lipinski definition) is 0. The van der Waals surface area contributed by atoms with E-state index in [1.807, 2.05) is 47.7 Å². The van der Waals surface area contributed by atoms with Crippen LogP contribution in [0.2, 0.25) is 0 Å². The van der Waals surface area contributed by atoms with Gasteiger partial charge in [-0.25, -0.2) is 4.98 Å². The van der Waals surface area contributed by atoms with E-state index in [0.29, 0.717) is 11.0 Å². The van der Waals surface area contributed by atoms with Crippen molar-refractivity contribution in [3.63, 3.8) is 0 Å². The van der Waals surface area contributed by atoms with Gasteiger partial charge in [0.1, 0.15) is 5.82 Å². The highest BCUT2D eigenvalue weighted by molar-refractivity contribution is 9.10. The molecule has 2 aromatic carbocycles. The topological polar surface area (TPSA) is 47.3 Å².